The SMILES string of the molecule is CC1(S(=O)(=O)NC(=O)[C@]23CC(=O)[C@@H]4C[C@@H](OC(=O)N5Cc6cccc(F)c6C5)CN4C(=O)[C@@H](Nc4nc(-c5ccccc5)cs4)CCCCC/C=C\[C@H]2C3)CC1. The number of ether oxygens (including phenoxy) is 1. The van der Waals surface area contributed by atoms with Crippen molar-refractivity contribution in [2.75, 3.05) is 11.9 Å². The molecule has 3 aromatic rings. The minimum absolute atomic E-state index is 0.00215. The molecule has 15 heteroatoms. The van der Waals surface area contributed by atoms with Crippen LogP contribution in [0.4, 0.5) is 14.3 Å². The fourth-order valence-electron chi connectivity index (χ4n) is 8.25. The number of carbonyl (C=O) groups is 4. The van der Waals surface area contributed by atoms with Crippen molar-refractivity contribution in [1.82, 2.24) is 19.5 Å². The molecular formula is C41H46FN5O7S2. The Morgan fingerprint density at radius 3 is 2.61 bits per heavy atom. The van der Waals surface area contributed by atoms with Gasteiger partial charge in [0, 0.05) is 35.9 Å². The number of Topliss-reactive ketones (excluding diaryl/α,β-unsaturated/α-hetero) is 1. The molecular weight excluding hydrogens is 758 g/mol. The van der Waals surface area contributed by atoms with Crippen LogP contribution in [-0.2, 0) is 42.2 Å². The van der Waals surface area contributed by atoms with Gasteiger partial charge >= 0.3 is 6.09 Å². The van der Waals surface area contributed by atoms with Crippen molar-refractivity contribution in [2.45, 2.75) is 107 Å². The fraction of sp³-hybridized carbons (Fsp3) is 0.488. The second-order valence-corrected chi connectivity index (χ2v) is 19.2. The van der Waals surface area contributed by atoms with Crippen molar-refractivity contribution in [3.8, 4) is 11.3 Å². The zero-order valence-corrected chi connectivity index (χ0v) is 32.9. The monoisotopic (exact) mass is 803 g/mol. The van der Waals surface area contributed by atoms with Crippen molar-refractivity contribution in [3.05, 3.63) is 83.0 Å². The second-order valence-electron chi connectivity index (χ2n) is 16.1. The van der Waals surface area contributed by atoms with Gasteiger partial charge in [-0.1, -0.05) is 67.5 Å². The molecule has 0 radical (unpaired) electrons. The average molecular weight is 804 g/mol. The third-order valence-corrected chi connectivity index (χ3v) is 15.1. The van der Waals surface area contributed by atoms with Crippen LogP contribution < -0.4 is 10.0 Å². The number of thiazole rings is 1. The maximum absolute atomic E-state index is 14.7. The summed E-state index contributed by atoms with van der Waals surface area (Å²) in [6.45, 7) is 1.75. The van der Waals surface area contributed by atoms with Crippen LogP contribution in [0.3, 0.4) is 0 Å². The highest BCUT2D eigenvalue weighted by molar-refractivity contribution is 7.91. The van der Waals surface area contributed by atoms with Crippen molar-refractivity contribution in [1.29, 1.82) is 0 Å². The number of benzene rings is 2. The molecule has 0 unspecified atom stereocenters. The number of fused-ring (bicyclic) bond motifs is 3. The molecule has 12 nitrogen and oxygen atoms in total. The summed E-state index contributed by atoms with van der Waals surface area (Å²) >= 11 is 1.38. The fourth-order valence-corrected chi connectivity index (χ4v) is 10.4. The Morgan fingerprint density at radius 2 is 1.84 bits per heavy atom. The van der Waals surface area contributed by atoms with Crippen LogP contribution in [0.1, 0.15) is 82.3 Å². The number of aromatic nitrogens is 1. The molecule has 1 aromatic heterocycles. The Kier molecular flexibility index (Phi) is 10.3. The first-order valence-electron chi connectivity index (χ1n) is 19.4. The van der Waals surface area contributed by atoms with Crippen LogP contribution in [0.25, 0.3) is 11.3 Å². The quantitative estimate of drug-likeness (QED) is 0.261. The number of rotatable bonds is 7. The lowest BCUT2D eigenvalue weighted by molar-refractivity contribution is -0.139. The van der Waals surface area contributed by atoms with Gasteiger partial charge in [0.1, 0.15) is 18.0 Å². The third-order valence-electron chi connectivity index (χ3n) is 12.2. The smallest absolute Gasteiger partial charge is 0.410 e. The summed E-state index contributed by atoms with van der Waals surface area (Å²) in [6.07, 6.45) is 6.93. The van der Waals surface area contributed by atoms with E-state index >= 15 is 0 Å². The minimum atomic E-state index is -3.96. The van der Waals surface area contributed by atoms with E-state index in [-0.39, 0.29) is 44.3 Å². The predicted octanol–water partition coefficient (Wildman–Crippen LogP) is 6.34. The number of hydrogen-bond donors (Lipinski definition) is 2. The maximum atomic E-state index is 14.7. The Bertz CT molecular complexity index is 2170. The minimum Gasteiger partial charge on any atom is -0.444 e. The lowest BCUT2D eigenvalue weighted by Crippen LogP contribution is -2.49. The van der Waals surface area contributed by atoms with Crippen molar-refractivity contribution in [3.63, 3.8) is 0 Å². The van der Waals surface area contributed by atoms with E-state index in [1.54, 1.807) is 19.1 Å². The number of carbonyl (C=O) groups excluding carboxylic acids is 4. The summed E-state index contributed by atoms with van der Waals surface area (Å²) in [5.41, 5.74) is 1.53. The molecule has 3 amide bonds. The van der Waals surface area contributed by atoms with E-state index < -0.39 is 62.0 Å². The van der Waals surface area contributed by atoms with Gasteiger partial charge < -0.3 is 15.0 Å². The molecule has 5 atom stereocenters. The largest absolute Gasteiger partial charge is 0.444 e. The van der Waals surface area contributed by atoms with Gasteiger partial charge in [0.05, 0.1) is 35.0 Å². The zero-order valence-electron chi connectivity index (χ0n) is 31.2. The molecule has 2 aliphatic carbocycles. The Hall–Kier alpha value is -4.63. The number of sulfonamides is 1. The number of nitrogens with zero attached hydrogens (tertiary/aromatic N) is 3. The number of anilines is 1. The van der Waals surface area contributed by atoms with Crippen molar-refractivity contribution in [2.24, 2.45) is 11.3 Å². The highest BCUT2D eigenvalue weighted by Gasteiger charge is 2.62. The number of halogens is 1. The molecule has 5 aliphatic rings. The number of hydrogen-bond acceptors (Lipinski definition) is 10. The number of amides is 3. The van der Waals surface area contributed by atoms with Gasteiger partial charge in [-0.3, -0.25) is 24.0 Å². The Morgan fingerprint density at radius 1 is 1.04 bits per heavy atom. The highest BCUT2D eigenvalue weighted by atomic mass is 32.2. The van der Waals surface area contributed by atoms with Gasteiger partial charge in [-0.15, -0.1) is 11.3 Å². The molecule has 1 saturated heterocycles. The van der Waals surface area contributed by atoms with Crippen LogP contribution in [0, 0.1) is 17.2 Å². The van der Waals surface area contributed by atoms with Crippen LogP contribution in [0.15, 0.2) is 66.1 Å². The molecule has 8 rings (SSSR count). The molecule has 3 aliphatic heterocycles. The standard InChI is InChI=1S/C41H46FN5O7S2/c1-40(17-18-40)56(52,53)45-37(50)41-20-28(41)14-8-3-2-4-9-16-32(43-38-44-33(25-55-38)26-11-6-5-7-12-26)36(49)47-23-29(19-34(47)35(48)21-41)54-39(51)46-22-27-13-10-15-31(42)30(27)24-46/h5-8,10-15,25,28-29,32,34H,2-4,9,16-24H2,1H3,(H,43,44)(H,45,50)/b14-8-/t28-,29+,32-,34-,41+/m0/s1. The number of allylic oxidation sites excluding steroid dienone is 2. The summed E-state index contributed by atoms with van der Waals surface area (Å²) in [5.74, 6) is -2.19. The molecule has 2 saturated carbocycles. The third kappa shape index (κ3) is 7.59. The number of ketones is 1. The molecule has 296 valence electrons. The van der Waals surface area contributed by atoms with E-state index in [2.05, 4.69) is 10.0 Å². The van der Waals surface area contributed by atoms with Crippen LogP contribution in [0.2, 0.25) is 0 Å². The summed E-state index contributed by atoms with van der Waals surface area (Å²) in [5, 5.41) is 5.82. The van der Waals surface area contributed by atoms with Gasteiger partial charge in [0.15, 0.2) is 10.9 Å². The van der Waals surface area contributed by atoms with E-state index in [4.69, 9.17) is 9.72 Å². The van der Waals surface area contributed by atoms with E-state index in [1.807, 2.05) is 47.9 Å². The van der Waals surface area contributed by atoms with Gasteiger partial charge in [0.25, 0.3) is 0 Å². The molecule has 4 heterocycles. The van der Waals surface area contributed by atoms with Crippen LogP contribution in [0.5, 0.6) is 0 Å². The first-order chi connectivity index (χ1) is 26.9. The first kappa shape index (κ1) is 38.3. The molecule has 0 bridgehead atoms. The van der Waals surface area contributed by atoms with Crippen LogP contribution >= 0.6 is 11.3 Å². The van der Waals surface area contributed by atoms with E-state index in [9.17, 15) is 32.0 Å². The summed E-state index contributed by atoms with van der Waals surface area (Å²) in [6, 6.07) is 12.6. The van der Waals surface area contributed by atoms with Gasteiger partial charge in [0.2, 0.25) is 21.8 Å². The first-order valence-corrected chi connectivity index (χ1v) is 21.8. The average Bonchev–Trinajstić information content (AvgIpc) is 3.82. The summed E-state index contributed by atoms with van der Waals surface area (Å²) in [4.78, 5) is 64.2. The molecule has 2 N–H and O–H groups in total. The Labute approximate surface area is 329 Å². The Balaban J connectivity index is 1.06. The van der Waals surface area contributed by atoms with E-state index in [0.717, 1.165) is 36.9 Å². The summed E-state index contributed by atoms with van der Waals surface area (Å²) in [7, 11) is -3.96. The lowest BCUT2D eigenvalue weighted by atomic mass is 9.91. The van der Waals surface area contributed by atoms with Gasteiger partial charge in [-0.2, -0.15) is 0 Å². The van der Waals surface area contributed by atoms with Crippen molar-refractivity contribution < 1.29 is 36.7 Å². The molecule has 56 heavy (non-hydrogen) atoms. The zero-order chi connectivity index (χ0) is 39.2. The van der Waals surface area contributed by atoms with Gasteiger partial charge in [-0.25, -0.2) is 22.6 Å². The predicted molar refractivity (Wildman–Crippen MR) is 208 cm³/mol. The van der Waals surface area contributed by atoms with E-state index in [1.165, 1.54) is 27.2 Å². The molecule has 2 aromatic carbocycles. The van der Waals surface area contributed by atoms with Crippen LogP contribution in [-0.4, -0.2) is 76.4 Å². The topological polar surface area (TPSA) is 155 Å². The number of nitrogens with one attached hydrogen (secondary N) is 2. The second kappa shape index (κ2) is 15.0. The normalized spacial score (nSPS) is 27.9. The lowest BCUT2D eigenvalue weighted by Gasteiger charge is -2.29. The van der Waals surface area contributed by atoms with E-state index in [0.29, 0.717) is 41.9 Å². The van der Waals surface area contributed by atoms with Crippen molar-refractivity contribution >= 4 is 50.2 Å². The molecule has 3 fully saturated rings. The maximum Gasteiger partial charge on any atom is 0.410 e. The summed E-state index contributed by atoms with van der Waals surface area (Å²) < 4.78 is 48.1. The molecule has 0 spiro atoms. The van der Waals surface area contributed by atoms with Gasteiger partial charge in [-0.05, 0) is 63.0 Å². The highest BCUT2D eigenvalue weighted by Crippen LogP contribution is 2.57.